The van der Waals surface area contributed by atoms with Crippen molar-refractivity contribution in [2.24, 2.45) is 5.92 Å². The molecule has 14 heteroatoms. The largest absolute Gasteiger partial charge is 0.551 e. The molecule has 0 radical (unpaired) electrons. The molecule has 0 bridgehead atoms. The lowest BCUT2D eigenvalue weighted by Crippen LogP contribution is -2.56. The normalized spacial score (nSPS) is 12.1. The Morgan fingerprint density at radius 3 is 2.32 bits per heavy atom. The van der Waals surface area contributed by atoms with Crippen molar-refractivity contribution in [3.05, 3.63) is 60.2 Å². The minimum absolute atomic E-state index is 0.0148. The minimum Gasteiger partial charge on any atom is -0.508 e. The van der Waals surface area contributed by atoms with Gasteiger partial charge in [0.05, 0.1) is 18.6 Å². The number of benzene rings is 1. The van der Waals surface area contributed by atoms with Gasteiger partial charge in [-0.25, -0.2) is 9.78 Å². The average Bonchev–Trinajstić information content (AvgIpc) is 2.93. The SMILES string of the molecule is CC(C)C[C@H](NC(=O)C(Cc1ccccc1)NC(=O)c1cnccn1)B(OCC(=O)O)OC(=O)CCC(=O)N(C)C. The van der Waals surface area contributed by atoms with Crippen molar-refractivity contribution in [3.8, 4) is 0 Å². The number of amides is 3. The zero-order valence-electron chi connectivity index (χ0n) is 23.6. The highest BCUT2D eigenvalue weighted by molar-refractivity contribution is 6.49. The number of carbonyl (C=O) groups excluding carboxylic acids is 4. The standard InChI is InChI=1S/C27H36BN5O8/c1-18(2)14-22(28(40-17-24(35)36)41-25(37)11-10-23(34)33(3)4)32-26(38)20(15-19-8-6-5-7-9-19)31-27(39)21-16-29-12-13-30-21/h5-9,12-13,16,18,20,22H,10-11,14-15,17H2,1-4H3,(H,31,39)(H,32,38)(H,35,36)/t20?,22-/m0/s1. The number of hydrogen-bond acceptors (Lipinski definition) is 9. The van der Waals surface area contributed by atoms with E-state index in [2.05, 4.69) is 20.6 Å². The zero-order valence-corrected chi connectivity index (χ0v) is 23.6. The Bertz CT molecular complexity index is 1170. The van der Waals surface area contributed by atoms with Crippen LogP contribution < -0.4 is 10.6 Å². The number of carbonyl (C=O) groups is 5. The molecule has 3 amide bonds. The van der Waals surface area contributed by atoms with E-state index in [1.165, 1.54) is 23.5 Å². The maximum atomic E-state index is 13.6. The van der Waals surface area contributed by atoms with Gasteiger partial charge in [0, 0.05) is 39.3 Å². The Morgan fingerprint density at radius 1 is 1.02 bits per heavy atom. The van der Waals surface area contributed by atoms with Gasteiger partial charge in [0.2, 0.25) is 11.8 Å². The molecule has 0 fully saturated rings. The van der Waals surface area contributed by atoms with Crippen molar-refractivity contribution in [1.29, 1.82) is 0 Å². The van der Waals surface area contributed by atoms with E-state index in [1.807, 2.05) is 19.9 Å². The van der Waals surface area contributed by atoms with Gasteiger partial charge in [0.1, 0.15) is 18.3 Å². The van der Waals surface area contributed by atoms with Crippen LogP contribution in [0.4, 0.5) is 0 Å². The van der Waals surface area contributed by atoms with Gasteiger partial charge in [-0.3, -0.25) is 24.2 Å². The van der Waals surface area contributed by atoms with Crippen molar-refractivity contribution in [2.45, 2.75) is 51.5 Å². The molecule has 41 heavy (non-hydrogen) atoms. The quantitative estimate of drug-likeness (QED) is 0.246. The molecule has 3 N–H and O–H groups in total. The van der Waals surface area contributed by atoms with Gasteiger partial charge in [-0.15, -0.1) is 0 Å². The van der Waals surface area contributed by atoms with E-state index in [9.17, 15) is 29.1 Å². The van der Waals surface area contributed by atoms with E-state index in [0.717, 1.165) is 5.56 Å². The van der Waals surface area contributed by atoms with E-state index in [-0.39, 0.29) is 43.2 Å². The monoisotopic (exact) mass is 569 g/mol. The lowest BCUT2D eigenvalue weighted by molar-refractivity contribution is -0.143. The maximum Gasteiger partial charge on any atom is 0.551 e. The summed E-state index contributed by atoms with van der Waals surface area (Å²) in [6.07, 6.45) is 4.02. The molecule has 2 aromatic rings. The predicted octanol–water partition coefficient (Wildman–Crippen LogP) is 0.889. The first kappa shape index (κ1) is 32.9. The summed E-state index contributed by atoms with van der Waals surface area (Å²) in [6, 6.07) is 7.95. The first-order valence-corrected chi connectivity index (χ1v) is 13.1. The van der Waals surface area contributed by atoms with Crippen LogP contribution in [-0.2, 0) is 34.9 Å². The predicted molar refractivity (Wildman–Crippen MR) is 148 cm³/mol. The first-order chi connectivity index (χ1) is 19.5. The van der Waals surface area contributed by atoms with Crippen molar-refractivity contribution >= 4 is 36.8 Å². The number of aliphatic carboxylic acids is 1. The van der Waals surface area contributed by atoms with Gasteiger partial charge >= 0.3 is 13.1 Å². The summed E-state index contributed by atoms with van der Waals surface area (Å²) in [4.78, 5) is 71.4. The number of hydrogen-bond donors (Lipinski definition) is 3. The third kappa shape index (κ3) is 12.2. The molecule has 0 spiro atoms. The summed E-state index contributed by atoms with van der Waals surface area (Å²) in [6.45, 7) is 2.93. The lowest BCUT2D eigenvalue weighted by atomic mass is 9.73. The number of nitrogens with one attached hydrogen (secondary N) is 2. The van der Waals surface area contributed by atoms with Crippen molar-refractivity contribution in [2.75, 3.05) is 20.7 Å². The van der Waals surface area contributed by atoms with Crippen LogP contribution in [0.5, 0.6) is 0 Å². The van der Waals surface area contributed by atoms with Crippen molar-refractivity contribution < 1.29 is 38.4 Å². The molecule has 0 aliphatic rings. The Labute approximate surface area is 239 Å². The van der Waals surface area contributed by atoms with E-state index < -0.39 is 49.5 Å². The smallest absolute Gasteiger partial charge is 0.508 e. The van der Waals surface area contributed by atoms with E-state index in [0.29, 0.717) is 0 Å². The zero-order chi connectivity index (χ0) is 30.4. The van der Waals surface area contributed by atoms with Crippen LogP contribution in [0, 0.1) is 5.92 Å². The highest BCUT2D eigenvalue weighted by Gasteiger charge is 2.38. The summed E-state index contributed by atoms with van der Waals surface area (Å²) >= 11 is 0. The third-order valence-electron chi connectivity index (χ3n) is 5.74. The highest BCUT2D eigenvalue weighted by atomic mass is 16.6. The van der Waals surface area contributed by atoms with Gasteiger partial charge in [-0.2, -0.15) is 0 Å². The minimum atomic E-state index is -1.47. The first-order valence-electron chi connectivity index (χ1n) is 13.1. The fourth-order valence-electron chi connectivity index (χ4n) is 3.74. The van der Waals surface area contributed by atoms with Gasteiger partial charge in [0.25, 0.3) is 11.9 Å². The molecule has 13 nitrogen and oxygen atoms in total. The molecule has 1 unspecified atom stereocenters. The second-order valence-corrected chi connectivity index (χ2v) is 9.90. The van der Waals surface area contributed by atoms with E-state index in [4.69, 9.17) is 9.31 Å². The molecule has 1 heterocycles. The molecule has 0 aliphatic heterocycles. The highest BCUT2D eigenvalue weighted by Crippen LogP contribution is 2.13. The van der Waals surface area contributed by atoms with Crippen molar-refractivity contribution in [3.63, 3.8) is 0 Å². The third-order valence-corrected chi connectivity index (χ3v) is 5.74. The maximum absolute atomic E-state index is 13.6. The van der Waals surface area contributed by atoms with Gasteiger partial charge in [-0.05, 0) is 17.9 Å². The molecule has 0 aliphatic carbocycles. The van der Waals surface area contributed by atoms with Crippen LogP contribution in [0.3, 0.4) is 0 Å². The Hall–Kier alpha value is -4.33. The molecule has 0 saturated carbocycles. The molecule has 2 atom stereocenters. The molecule has 0 saturated heterocycles. The second-order valence-electron chi connectivity index (χ2n) is 9.90. The summed E-state index contributed by atoms with van der Waals surface area (Å²) in [5.74, 6) is -4.63. The van der Waals surface area contributed by atoms with Gasteiger partial charge in [0.15, 0.2) is 0 Å². The van der Waals surface area contributed by atoms with Gasteiger partial charge < -0.3 is 29.9 Å². The second kappa shape index (κ2) is 16.7. The number of aromatic nitrogens is 2. The molecular formula is C27H36BN5O8. The lowest BCUT2D eigenvalue weighted by Gasteiger charge is -2.27. The summed E-state index contributed by atoms with van der Waals surface area (Å²) in [5, 5.41) is 14.6. The van der Waals surface area contributed by atoms with Crippen LogP contribution in [0.25, 0.3) is 0 Å². The number of carboxylic acids is 1. The molecule has 1 aromatic heterocycles. The Morgan fingerprint density at radius 2 is 1.73 bits per heavy atom. The fraction of sp³-hybridized carbons (Fsp3) is 0.444. The molecule has 1 aromatic carbocycles. The Balaban J connectivity index is 2.28. The summed E-state index contributed by atoms with van der Waals surface area (Å²) in [7, 11) is 1.64. The van der Waals surface area contributed by atoms with Crippen LogP contribution in [0.2, 0.25) is 0 Å². The van der Waals surface area contributed by atoms with Crippen LogP contribution in [0.1, 0.15) is 49.2 Å². The summed E-state index contributed by atoms with van der Waals surface area (Å²) in [5.41, 5.74) is 0.782. The van der Waals surface area contributed by atoms with Crippen LogP contribution in [0.15, 0.2) is 48.9 Å². The summed E-state index contributed by atoms with van der Waals surface area (Å²) < 4.78 is 10.8. The number of rotatable bonds is 16. The Kier molecular flexibility index (Phi) is 13.4. The van der Waals surface area contributed by atoms with E-state index >= 15 is 0 Å². The molecular weight excluding hydrogens is 533 g/mol. The van der Waals surface area contributed by atoms with Crippen LogP contribution in [-0.4, -0.2) is 89.4 Å². The topological polar surface area (TPSA) is 177 Å². The number of carboxylic acid groups (broad SMARTS) is 1. The van der Waals surface area contributed by atoms with Crippen LogP contribution >= 0.6 is 0 Å². The van der Waals surface area contributed by atoms with Gasteiger partial charge in [-0.1, -0.05) is 44.2 Å². The van der Waals surface area contributed by atoms with E-state index in [1.54, 1.807) is 38.4 Å². The molecule has 2 rings (SSSR count). The number of nitrogens with zero attached hydrogens (tertiary/aromatic N) is 3. The molecule has 220 valence electrons. The van der Waals surface area contributed by atoms with Crippen molar-refractivity contribution in [1.82, 2.24) is 25.5 Å². The average molecular weight is 569 g/mol. The fourth-order valence-corrected chi connectivity index (χ4v) is 3.74.